The molecule has 31 heavy (non-hydrogen) atoms. The highest BCUT2D eigenvalue weighted by molar-refractivity contribution is 5.45. The molecule has 0 amide bonds. The van der Waals surface area contributed by atoms with Crippen molar-refractivity contribution in [2.45, 2.75) is 31.1 Å². The second kappa shape index (κ2) is 10.5. The van der Waals surface area contributed by atoms with Crippen LogP contribution in [-0.2, 0) is 6.42 Å². The van der Waals surface area contributed by atoms with Crippen molar-refractivity contribution in [2.75, 3.05) is 59.2 Å². The summed E-state index contributed by atoms with van der Waals surface area (Å²) in [6.07, 6.45) is 2.49. The number of hydrogen-bond donors (Lipinski definition) is 3. The SMILES string of the molecule is COc1ccc(C2CNC(Nc3ccc(CCN4CCC(N(C)C)C4)cc3)NC2)cc1. The highest BCUT2D eigenvalue weighted by Crippen LogP contribution is 2.21. The molecule has 0 bridgehead atoms. The number of ether oxygens (including phenoxy) is 1. The maximum absolute atomic E-state index is 5.26. The number of methoxy groups -OCH3 is 1. The summed E-state index contributed by atoms with van der Waals surface area (Å²) in [5.74, 6) is 1.37. The van der Waals surface area contributed by atoms with Gasteiger partial charge in [-0.25, -0.2) is 0 Å². The van der Waals surface area contributed by atoms with Gasteiger partial charge in [0, 0.05) is 43.8 Å². The fourth-order valence-corrected chi connectivity index (χ4v) is 4.54. The summed E-state index contributed by atoms with van der Waals surface area (Å²) in [7, 11) is 6.08. The number of likely N-dealkylation sites (tertiary alicyclic amines) is 1. The molecule has 3 N–H and O–H groups in total. The van der Waals surface area contributed by atoms with Gasteiger partial charge in [-0.05, 0) is 68.9 Å². The molecule has 2 aliphatic rings. The van der Waals surface area contributed by atoms with Crippen LogP contribution in [0.4, 0.5) is 5.69 Å². The second-order valence-electron chi connectivity index (χ2n) is 9.02. The minimum absolute atomic E-state index is 0.0907. The number of benzene rings is 2. The average molecular weight is 424 g/mol. The van der Waals surface area contributed by atoms with Gasteiger partial charge in [0.1, 0.15) is 12.0 Å². The summed E-state index contributed by atoms with van der Waals surface area (Å²) in [6, 6.07) is 18.0. The molecule has 6 heteroatoms. The summed E-state index contributed by atoms with van der Waals surface area (Å²) in [5, 5.41) is 10.7. The topological polar surface area (TPSA) is 51.8 Å². The molecule has 2 aromatic rings. The van der Waals surface area contributed by atoms with Crippen molar-refractivity contribution in [3.8, 4) is 5.75 Å². The Bertz CT molecular complexity index is 800. The molecule has 4 rings (SSSR count). The first-order chi connectivity index (χ1) is 15.1. The van der Waals surface area contributed by atoms with E-state index in [0.29, 0.717) is 12.0 Å². The highest BCUT2D eigenvalue weighted by atomic mass is 16.5. The smallest absolute Gasteiger partial charge is 0.132 e. The van der Waals surface area contributed by atoms with Gasteiger partial charge in [-0.3, -0.25) is 10.6 Å². The molecular weight excluding hydrogens is 386 g/mol. The van der Waals surface area contributed by atoms with E-state index in [1.807, 2.05) is 12.1 Å². The summed E-state index contributed by atoms with van der Waals surface area (Å²) in [4.78, 5) is 4.94. The van der Waals surface area contributed by atoms with Gasteiger partial charge in [0.25, 0.3) is 0 Å². The molecular formula is C25H37N5O. The van der Waals surface area contributed by atoms with Crippen molar-refractivity contribution in [1.29, 1.82) is 0 Å². The van der Waals surface area contributed by atoms with E-state index in [4.69, 9.17) is 4.74 Å². The molecule has 0 spiro atoms. The van der Waals surface area contributed by atoms with Crippen molar-refractivity contribution in [2.24, 2.45) is 0 Å². The van der Waals surface area contributed by atoms with E-state index in [1.54, 1.807) is 7.11 Å². The zero-order valence-electron chi connectivity index (χ0n) is 19.1. The van der Waals surface area contributed by atoms with Crippen molar-refractivity contribution in [3.05, 3.63) is 59.7 Å². The fourth-order valence-electron chi connectivity index (χ4n) is 4.54. The number of anilines is 1. The Labute approximate surface area is 187 Å². The minimum atomic E-state index is 0.0907. The van der Waals surface area contributed by atoms with Crippen LogP contribution in [0, 0.1) is 0 Å². The van der Waals surface area contributed by atoms with Crippen LogP contribution < -0.4 is 20.7 Å². The standard InChI is InChI=1S/C25H37N5O/c1-29(2)23-13-15-30(18-23)14-12-19-4-8-22(9-5-19)28-25-26-16-21(17-27-25)20-6-10-24(31-3)11-7-20/h4-11,21,23,25-28H,12-18H2,1-3H3. The maximum Gasteiger partial charge on any atom is 0.132 e. The summed E-state index contributed by atoms with van der Waals surface area (Å²) in [5.41, 5.74) is 3.88. The van der Waals surface area contributed by atoms with Crippen LogP contribution >= 0.6 is 0 Å². The Morgan fingerprint density at radius 2 is 1.74 bits per heavy atom. The zero-order chi connectivity index (χ0) is 21.6. The molecule has 2 fully saturated rings. The maximum atomic E-state index is 5.26. The van der Waals surface area contributed by atoms with E-state index in [-0.39, 0.29) is 6.29 Å². The number of hydrogen-bond acceptors (Lipinski definition) is 6. The van der Waals surface area contributed by atoms with Crippen LogP contribution in [-0.4, -0.2) is 76.1 Å². The monoisotopic (exact) mass is 423 g/mol. The van der Waals surface area contributed by atoms with Crippen molar-refractivity contribution in [3.63, 3.8) is 0 Å². The van der Waals surface area contributed by atoms with Gasteiger partial charge in [-0.15, -0.1) is 0 Å². The third-order valence-corrected chi connectivity index (χ3v) is 6.68. The van der Waals surface area contributed by atoms with Gasteiger partial charge in [-0.2, -0.15) is 0 Å². The van der Waals surface area contributed by atoms with E-state index >= 15 is 0 Å². The molecule has 0 aliphatic carbocycles. The quantitative estimate of drug-likeness (QED) is 0.607. The van der Waals surface area contributed by atoms with Gasteiger partial charge in [0.15, 0.2) is 0 Å². The largest absolute Gasteiger partial charge is 0.497 e. The van der Waals surface area contributed by atoms with Crippen LogP contribution in [0.5, 0.6) is 5.75 Å². The van der Waals surface area contributed by atoms with Gasteiger partial charge in [-0.1, -0.05) is 24.3 Å². The summed E-state index contributed by atoms with van der Waals surface area (Å²) < 4.78 is 5.26. The Hall–Kier alpha value is -2.12. The Kier molecular flexibility index (Phi) is 7.45. The normalized spacial score (nSPS) is 24.5. The van der Waals surface area contributed by atoms with E-state index < -0.39 is 0 Å². The Balaban J connectivity index is 1.20. The molecule has 6 nitrogen and oxygen atoms in total. The van der Waals surface area contributed by atoms with Crippen LogP contribution in [0.25, 0.3) is 0 Å². The molecule has 2 saturated heterocycles. The Morgan fingerprint density at radius 1 is 1.03 bits per heavy atom. The molecule has 1 unspecified atom stereocenters. The first-order valence-corrected chi connectivity index (χ1v) is 11.5. The lowest BCUT2D eigenvalue weighted by Gasteiger charge is -2.32. The fraction of sp³-hybridized carbons (Fsp3) is 0.520. The molecule has 168 valence electrons. The molecule has 0 aromatic heterocycles. The lowest BCUT2D eigenvalue weighted by molar-refractivity contribution is 0.270. The number of rotatable bonds is 8. The lowest BCUT2D eigenvalue weighted by Crippen LogP contribution is -2.55. The third kappa shape index (κ3) is 5.98. The van der Waals surface area contributed by atoms with Crippen molar-refractivity contribution >= 4 is 5.69 Å². The lowest BCUT2D eigenvalue weighted by atomic mass is 9.97. The van der Waals surface area contributed by atoms with Crippen molar-refractivity contribution in [1.82, 2.24) is 20.4 Å². The van der Waals surface area contributed by atoms with Crippen molar-refractivity contribution < 1.29 is 4.74 Å². The Morgan fingerprint density at radius 3 is 2.35 bits per heavy atom. The third-order valence-electron chi connectivity index (χ3n) is 6.68. The van der Waals surface area contributed by atoms with E-state index in [0.717, 1.165) is 37.5 Å². The first-order valence-electron chi connectivity index (χ1n) is 11.5. The summed E-state index contributed by atoms with van der Waals surface area (Å²) >= 11 is 0. The van der Waals surface area contributed by atoms with E-state index in [2.05, 4.69) is 76.2 Å². The highest BCUT2D eigenvalue weighted by Gasteiger charge is 2.23. The van der Waals surface area contributed by atoms with E-state index in [9.17, 15) is 0 Å². The van der Waals surface area contributed by atoms with Gasteiger partial charge >= 0.3 is 0 Å². The molecule has 2 heterocycles. The van der Waals surface area contributed by atoms with Gasteiger partial charge in [0.2, 0.25) is 0 Å². The van der Waals surface area contributed by atoms with E-state index in [1.165, 1.54) is 30.6 Å². The van der Waals surface area contributed by atoms with Crippen LogP contribution in [0.1, 0.15) is 23.5 Å². The second-order valence-corrected chi connectivity index (χ2v) is 9.02. The predicted octanol–water partition coefficient (Wildman–Crippen LogP) is 2.55. The number of nitrogens with one attached hydrogen (secondary N) is 3. The molecule has 0 radical (unpaired) electrons. The van der Waals surface area contributed by atoms with Crippen LogP contribution in [0.15, 0.2) is 48.5 Å². The van der Waals surface area contributed by atoms with Crippen LogP contribution in [0.2, 0.25) is 0 Å². The molecule has 1 atom stereocenters. The summed E-state index contributed by atoms with van der Waals surface area (Å²) in [6.45, 7) is 5.45. The average Bonchev–Trinajstić information content (AvgIpc) is 3.29. The number of nitrogens with zero attached hydrogens (tertiary/aromatic N) is 2. The number of likely N-dealkylation sites (N-methyl/N-ethyl adjacent to an activating group) is 1. The van der Waals surface area contributed by atoms with Gasteiger partial charge < -0.3 is 19.9 Å². The minimum Gasteiger partial charge on any atom is -0.497 e. The molecule has 0 saturated carbocycles. The first kappa shape index (κ1) is 22.1. The molecule has 2 aliphatic heterocycles. The van der Waals surface area contributed by atoms with Crippen LogP contribution in [0.3, 0.4) is 0 Å². The predicted molar refractivity (Wildman–Crippen MR) is 128 cm³/mol. The zero-order valence-corrected chi connectivity index (χ0v) is 19.1. The van der Waals surface area contributed by atoms with Gasteiger partial charge in [0.05, 0.1) is 7.11 Å². The molecule has 2 aromatic carbocycles.